The van der Waals surface area contributed by atoms with Crippen LogP contribution in [0.25, 0.3) is 0 Å². The summed E-state index contributed by atoms with van der Waals surface area (Å²) in [5.74, 6) is 1.97. The molecule has 2 aliphatic heterocycles. The van der Waals surface area contributed by atoms with Crippen LogP contribution in [-0.4, -0.2) is 56.5 Å². The van der Waals surface area contributed by atoms with E-state index in [1.807, 2.05) is 28.5 Å². The molecule has 0 saturated carbocycles. The lowest BCUT2D eigenvalue weighted by atomic mass is 10.0. The molecule has 0 radical (unpaired) electrons. The van der Waals surface area contributed by atoms with Gasteiger partial charge in [-0.05, 0) is 52.4 Å². The zero-order chi connectivity index (χ0) is 21.0. The van der Waals surface area contributed by atoms with Crippen molar-refractivity contribution < 1.29 is 14.3 Å². The molecule has 0 unspecified atom stereocenters. The van der Waals surface area contributed by atoms with Crippen molar-refractivity contribution in [3.63, 3.8) is 0 Å². The van der Waals surface area contributed by atoms with Gasteiger partial charge in [0.2, 0.25) is 11.1 Å². The minimum atomic E-state index is 0.0624. The summed E-state index contributed by atoms with van der Waals surface area (Å²) in [5, 5.41) is 14.6. The lowest BCUT2D eigenvalue weighted by Gasteiger charge is -2.25. The van der Waals surface area contributed by atoms with Crippen LogP contribution in [0.3, 0.4) is 0 Å². The second-order valence-corrected chi connectivity index (χ2v) is 9.46. The van der Waals surface area contributed by atoms with Crippen LogP contribution >= 0.6 is 23.1 Å². The van der Waals surface area contributed by atoms with Crippen LogP contribution in [0.1, 0.15) is 35.7 Å². The number of tetrazole rings is 1. The normalized spacial score (nSPS) is 18.2. The number of carbonyl (C=O) groups excluding carboxylic acids is 1. The summed E-state index contributed by atoms with van der Waals surface area (Å²) in [6.07, 6.45) is 2.82. The third kappa shape index (κ3) is 4.54. The van der Waals surface area contributed by atoms with E-state index in [4.69, 9.17) is 9.47 Å². The molecule has 0 N–H and O–H groups in total. The average Bonchev–Trinajstić information content (AvgIpc) is 3.53. The molecule has 2 aliphatic rings. The maximum absolute atomic E-state index is 13.1. The smallest absolute Gasteiger partial charge is 0.233 e. The highest BCUT2D eigenvalue weighted by molar-refractivity contribution is 7.99. The number of ether oxygens (including phenoxy) is 2. The molecule has 1 amide bonds. The molecule has 5 rings (SSSR count). The highest BCUT2D eigenvalue weighted by Gasteiger charge is 2.31. The van der Waals surface area contributed by atoms with E-state index in [1.54, 1.807) is 16.0 Å². The summed E-state index contributed by atoms with van der Waals surface area (Å²) in [7, 11) is 0. The molecule has 0 bridgehead atoms. The van der Waals surface area contributed by atoms with Gasteiger partial charge in [0.1, 0.15) is 0 Å². The van der Waals surface area contributed by atoms with Crippen molar-refractivity contribution >= 4 is 29.0 Å². The van der Waals surface area contributed by atoms with Crippen LogP contribution in [0, 0.1) is 0 Å². The van der Waals surface area contributed by atoms with Crippen molar-refractivity contribution in [3.05, 3.63) is 46.2 Å². The van der Waals surface area contributed by atoms with Gasteiger partial charge in [-0.25, -0.2) is 4.68 Å². The standard InChI is InChI=1S/C21H23N5O3S2/c27-20(14-31-21-22-23-24-26(21)13-16-4-2-11-30-16)25-8-1-5-17(25)15-6-7-18-19(12-15)29-10-3-9-28-18/h2,4,6-7,11-12,17H,1,3,5,8-10,13-14H2/t17-/m1/s1. The Labute approximate surface area is 188 Å². The third-order valence-corrected chi connectivity index (χ3v) is 7.24. The first-order valence-electron chi connectivity index (χ1n) is 10.4. The molecule has 1 atom stereocenters. The molecule has 2 aromatic heterocycles. The maximum Gasteiger partial charge on any atom is 0.233 e. The van der Waals surface area contributed by atoms with Gasteiger partial charge in [-0.1, -0.05) is 23.9 Å². The van der Waals surface area contributed by atoms with Gasteiger partial charge < -0.3 is 14.4 Å². The first-order chi connectivity index (χ1) is 15.3. The number of thiophene rings is 1. The van der Waals surface area contributed by atoms with E-state index in [9.17, 15) is 4.79 Å². The molecule has 0 spiro atoms. The van der Waals surface area contributed by atoms with Crippen LogP contribution in [0.2, 0.25) is 0 Å². The van der Waals surface area contributed by atoms with Gasteiger partial charge in [0.25, 0.3) is 0 Å². The van der Waals surface area contributed by atoms with Crippen LogP contribution < -0.4 is 9.47 Å². The first-order valence-corrected chi connectivity index (χ1v) is 12.2. The van der Waals surface area contributed by atoms with Crippen LogP contribution in [-0.2, 0) is 11.3 Å². The Balaban J connectivity index is 1.25. The maximum atomic E-state index is 13.1. The summed E-state index contributed by atoms with van der Waals surface area (Å²) in [5.41, 5.74) is 1.10. The molecule has 31 heavy (non-hydrogen) atoms. The van der Waals surface area contributed by atoms with Gasteiger partial charge in [-0.3, -0.25) is 4.79 Å². The summed E-state index contributed by atoms with van der Waals surface area (Å²) >= 11 is 3.05. The van der Waals surface area contributed by atoms with Crippen molar-refractivity contribution in [2.75, 3.05) is 25.5 Å². The number of hydrogen-bond acceptors (Lipinski definition) is 8. The monoisotopic (exact) mass is 457 g/mol. The number of benzene rings is 1. The topological polar surface area (TPSA) is 82.4 Å². The number of likely N-dealkylation sites (tertiary alicyclic amines) is 1. The second-order valence-electron chi connectivity index (χ2n) is 7.49. The fraction of sp³-hybridized carbons (Fsp3) is 0.429. The Morgan fingerprint density at radius 1 is 1.19 bits per heavy atom. The molecule has 8 nitrogen and oxygen atoms in total. The van der Waals surface area contributed by atoms with Gasteiger partial charge in [0.05, 0.1) is 31.6 Å². The molecular weight excluding hydrogens is 434 g/mol. The zero-order valence-electron chi connectivity index (χ0n) is 17.0. The Kier molecular flexibility index (Phi) is 6.08. The van der Waals surface area contributed by atoms with E-state index in [2.05, 4.69) is 27.7 Å². The molecule has 0 aliphatic carbocycles. The largest absolute Gasteiger partial charge is 0.490 e. The number of thioether (sulfide) groups is 1. The SMILES string of the molecule is O=C(CSc1nnnn1Cc1cccs1)N1CCC[C@@H]1c1ccc2c(c1)OCCCO2. The quantitative estimate of drug-likeness (QED) is 0.525. The van der Waals surface area contributed by atoms with Crippen molar-refractivity contribution in [3.8, 4) is 11.5 Å². The number of carbonyl (C=O) groups is 1. The molecule has 162 valence electrons. The van der Waals surface area contributed by atoms with Crippen molar-refractivity contribution in [2.24, 2.45) is 0 Å². The first kappa shape index (κ1) is 20.3. The number of aromatic nitrogens is 4. The van der Waals surface area contributed by atoms with Crippen LogP contribution in [0.5, 0.6) is 11.5 Å². The van der Waals surface area contributed by atoms with Crippen LogP contribution in [0.15, 0.2) is 40.9 Å². The van der Waals surface area contributed by atoms with Gasteiger partial charge in [-0.15, -0.1) is 16.4 Å². The Morgan fingerprint density at radius 3 is 2.97 bits per heavy atom. The highest BCUT2D eigenvalue weighted by Crippen LogP contribution is 2.38. The fourth-order valence-corrected chi connectivity index (χ4v) is 5.41. The number of nitrogens with zero attached hydrogens (tertiary/aromatic N) is 5. The Morgan fingerprint density at radius 2 is 2.10 bits per heavy atom. The molecule has 3 aromatic rings. The molecule has 1 aromatic carbocycles. The Hall–Kier alpha value is -2.59. The third-order valence-electron chi connectivity index (χ3n) is 5.44. The summed E-state index contributed by atoms with van der Waals surface area (Å²) < 4.78 is 13.3. The second kappa shape index (κ2) is 9.27. The van der Waals surface area contributed by atoms with Crippen LogP contribution in [0.4, 0.5) is 0 Å². The van der Waals surface area contributed by atoms with Gasteiger partial charge in [0.15, 0.2) is 11.5 Å². The molecule has 1 fully saturated rings. The van der Waals surface area contributed by atoms with Gasteiger partial charge in [0, 0.05) is 17.8 Å². The number of hydrogen-bond donors (Lipinski definition) is 0. The lowest BCUT2D eigenvalue weighted by molar-refractivity contribution is -0.129. The average molecular weight is 458 g/mol. The minimum Gasteiger partial charge on any atom is -0.490 e. The minimum absolute atomic E-state index is 0.0624. The summed E-state index contributed by atoms with van der Waals surface area (Å²) in [6.45, 7) is 2.70. The number of amides is 1. The van der Waals surface area contributed by atoms with E-state index in [1.165, 1.54) is 16.6 Å². The zero-order valence-corrected chi connectivity index (χ0v) is 18.6. The molecule has 10 heteroatoms. The summed E-state index contributed by atoms with van der Waals surface area (Å²) in [6, 6.07) is 10.2. The van der Waals surface area contributed by atoms with Crippen molar-refractivity contribution in [2.45, 2.75) is 37.0 Å². The molecule has 1 saturated heterocycles. The van der Waals surface area contributed by atoms with E-state index in [0.29, 0.717) is 30.7 Å². The predicted octanol–water partition coefficient (Wildman–Crippen LogP) is 3.40. The highest BCUT2D eigenvalue weighted by atomic mass is 32.2. The molecule has 4 heterocycles. The fourth-order valence-electron chi connectivity index (χ4n) is 3.96. The van der Waals surface area contributed by atoms with Gasteiger partial charge >= 0.3 is 0 Å². The Bertz CT molecular complexity index is 1040. The predicted molar refractivity (Wildman–Crippen MR) is 118 cm³/mol. The van der Waals surface area contributed by atoms with Crippen molar-refractivity contribution in [1.82, 2.24) is 25.1 Å². The van der Waals surface area contributed by atoms with E-state index in [-0.39, 0.29) is 11.9 Å². The van der Waals surface area contributed by atoms with E-state index < -0.39 is 0 Å². The van der Waals surface area contributed by atoms with E-state index in [0.717, 1.165) is 42.9 Å². The lowest BCUT2D eigenvalue weighted by Crippen LogP contribution is -2.32. The van der Waals surface area contributed by atoms with E-state index >= 15 is 0 Å². The summed E-state index contributed by atoms with van der Waals surface area (Å²) in [4.78, 5) is 16.2. The van der Waals surface area contributed by atoms with Crippen molar-refractivity contribution in [1.29, 1.82) is 0 Å². The van der Waals surface area contributed by atoms with Gasteiger partial charge in [-0.2, -0.15) is 0 Å². The number of fused-ring (bicyclic) bond motifs is 1. The molecular formula is C21H23N5O3S2. The number of rotatable bonds is 6.